The molecule has 2 aromatic heterocycles. The van der Waals surface area contributed by atoms with Gasteiger partial charge in [-0.05, 0) is 55.4 Å². The summed E-state index contributed by atoms with van der Waals surface area (Å²) in [4.78, 5) is 42.5. The molecule has 0 unspecified atom stereocenters. The van der Waals surface area contributed by atoms with Crippen LogP contribution in [0, 0.1) is 11.8 Å². The molecule has 0 aliphatic heterocycles. The van der Waals surface area contributed by atoms with E-state index in [4.69, 9.17) is 0 Å². The molecule has 1 aliphatic carbocycles. The number of nitrogens with one attached hydrogen (secondary N) is 1. The second-order valence-corrected chi connectivity index (χ2v) is 10.7. The van der Waals surface area contributed by atoms with Gasteiger partial charge < -0.3 is 10.2 Å². The topological polar surface area (TPSA) is 79.4 Å². The van der Waals surface area contributed by atoms with Crippen molar-refractivity contribution in [3.05, 3.63) is 51.8 Å². The van der Waals surface area contributed by atoms with E-state index in [9.17, 15) is 27.6 Å². The number of benzene rings is 1. The average Bonchev–Trinajstić information content (AvgIpc) is 3.53. The van der Waals surface area contributed by atoms with E-state index in [1.165, 1.54) is 17.4 Å². The third kappa shape index (κ3) is 6.19. The molecule has 0 spiro atoms. The SMILES string of the molecule is CC1CCC(C(=O)N(CC(F)(F)F)c2cc(-c3ccc(NC(=O)c4cscn4)cc3)sc2C=O)CC1. The number of nitrogens with zero attached hydrogens (tertiary/aromatic N) is 2. The molecule has 1 aromatic carbocycles. The van der Waals surface area contributed by atoms with Crippen LogP contribution in [0.5, 0.6) is 0 Å². The number of aromatic nitrogens is 1. The van der Waals surface area contributed by atoms with E-state index in [0.29, 0.717) is 46.9 Å². The fourth-order valence-electron chi connectivity index (χ4n) is 4.26. The summed E-state index contributed by atoms with van der Waals surface area (Å²) in [6.07, 6.45) is -1.47. The molecule has 2 amide bonds. The molecule has 0 saturated heterocycles. The lowest BCUT2D eigenvalue weighted by Gasteiger charge is -2.31. The Hall–Kier alpha value is -3.05. The van der Waals surface area contributed by atoms with E-state index in [1.807, 2.05) is 0 Å². The van der Waals surface area contributed by atoms with Gasteiger partial charge in [0.25, 0.3) is 5.91 Å². The molecule has 1 N–H and O–H groups in total. The molecule has 36 heavy (non-hydrogen) atoms. The van der Waals surface area contributed by atoms with Gasteiger partial charge in [-0.15, -0.1) is 22.7 Å². The largest absolute Gasteiger partial charge is 0.406 e. The number of hydrogen-bond donors (Lipinski definition) is 1. The highest BCUT2D eigenvalue weighted by Crippen LogP contribution is 2.39. The second kappa shape index (κ2) is 10.9. The van der Waals surface area contributed by atoms with Crippen molar-refractivity contribution in [1.82, 2.24) is 4.98 Å². The molecule has 1 aliphatic rings. The number of halogens is 3. The molecule has 11 heteroatoms. The monoisotopic (exact) mass is 535 g/mol. The maximum absolute atomic E-state index is 13.5. The van der Waals surface area contributed by atoms with Gasteiger partial charge in [-0.2, -0.15) is 13.2 Å². The van der Waals surface area contributed by atoms with E-state index >= 15 is 0 Å². The number of rotatable bonds is 7. The van der Waals surface area contributed by atoms with Crippen LogP contribution in [0.1, 0.15) is 52.8 Å². The summed E-state index contributed by atoms with van der Waals surface area (Å²) in [5.41, 5.74) is 2.99. The van der Waals surface area contributed by atoms with Crippen molar-refractivity contribution in [3.8, 4) is 10.4 Å². The fraction of sp³-hybridized carbons (Fsp3) is 0.360. The van der Waals surface area contributed by atoms with Crippen LogP contribution in [0.2, 0.25) is 0 Å². The maximum Gasteiger partial charge on any atom is 0.406 e. The van der Waals surface area contributed by atoms with Gasteiger partial charge >= 0.3 is 6.18 Å². The van der Waals surface area contributed by atoms with Gasteiger partial charge in [-0.25, -0.2) is 4.98 Å². The zero-order valence-electron chi connectivity index (χ0n) is 19.4. The van der Waals surface area contributed by atoms with E-state index in [2.05, 4.69) is 17.2 Å². The molecule has 190 valence electrons. The number of aldehydes is 1. The van der Waals surface area contributed by atoms with Gasteiger partial charge in [-0.1, -0.05) is 19.1 Å². The average molecular weight is 536 g/mol. The zero-order chi connectivity index (χ0) is 25.9. The van der Waals surface area contributed by atoms with Gasteiger partial charge in [0, 0.05) is 21.9 Å². The normalized spacial score (nSPS) is 18.0. The molecule has 1 fully saturated rings. The summed E-state index contributed by atoms with van der Waals surface area (Å²) < 4.78 is 40.4. The molecule has 3 aromatic rings. The minimum atomic E-state index is -4.61. The second-order valence-electron chi connectivity index (χ2n) is 8.88. The first-order valence-corrected chi connectivity index (χ1v) is 13.2. The predicted octanol–water partition coefficient (Wildman–Crippen LogP) is 6.66. The first kappa shape index (κ1) is 26.0. The Balaban J connectivity index is 1.59. The van der Waals surface area contributed by atoms with Crippen molar-refractivity contribution < 1.29 is 27.6 Å². The Labute approximate surface area is 214 Å². The number of anilines is 2. The number of thiazole rings is 1. The number of hydrogen-bond acceptors (Lipinski definition) is 6. The number of carbonyl (C=O) groups excluding carboxylic acids is 3. The van der Waals surface area contributed by atoms with E-state index in [0.717, 1.165) is 29.1 Å². The number of carbonyl (C=O) groups is 3. The summed E-state index contributed by atoms with van der Waals surface area (Å²) in [5.74, 6) is -1.000. The van der Waals surface area contributed by atoms with Crippen molar-refractivity contribution in [3.63, 3.8) is 0 Å². The van der Waals surface area contributed by atoms with Gasteiger partial charge in [0.2, 0.25) is 5.91 Å². The zero-order valence-corrected chi connectivity index (χ0v) is 21.0. The summed E-state index contributed by atoms with van der Waals surface area (Å²) in [7, 11) is 0. The maximum atomic E-state index is 13.5. The highest BCUT2D eigenvalue weighted by molar-refractivity contribution is 7.17. The van der Waals surface area contributed by atoms with Crippen LogP contribution < -0.4 is 10.2 Å². The molecule has 0 bridgehead atoms. The Kier molecular flexibility index (Phi) is 7.89. The van der Waals surface area contributed by atoms with Crippen LogP contribution in [-0.2, 0) is 4.79 Å². The molecule has 2 heterocycles. The predicted molar refractivity (Wildman–Crippen MR) is 135 cm³/mol. The van der Waals surface area contributed by atoms with Crippen molar-refractivity contribution in [2.24, 2.45) is 11.8 Å². The smallest absolute Gasteiger partial charge is 0.321 e. The minimum absolute atomic E-state index is 0.0214. The first-order chi connectivity index (χ1) is 17.1. The number of amides is 2. The first-order valence-electron chi connectivity index (χ1n) is 11.4. The summed E-state index contributed by atoms with van der Waals surface area (Å²) in [5, 5.41) is 4.35. The van der Waals surface area contributed by atoms with Crippen LogP contribution >= 0.6 is 22.7 Å². The lowest BCUT2D eigenvalue weighted by atomic mass is 9.82. The number of thiophene rings is 1. The minimum Gasteiger partial charge on any atom is -0.321 e. The molecular weight excluding hydrogens is 511 g/mol. The van der Waals surface area contributed by atoms with Gasteiger partial charge in [0.15, 0.2) is 6.29 Å². The van der Waals surface area contributed by atoms with Crippen molar-refractivity contribution in [1.29, 1.82) is 0 Å². The lowest BCUT2D eigenvalue weighted by molar-refractivity contribution is -0.135. The van der Waals surface area contributed by atoms with Crippen LogP contribution in [-0.4, -0.2) is 35.8 Å². The van der Waals surface area contributed by atoms with Crippen molar-refractivity contribution >= 4 is 52.1 Å². The fourth-order valence-corrected chi connectivity index (χ4v) is 5.77. The molecule has 0 radical (unpaired) electrons. The van der Waals surface area contributed by atoms with Gasteiger partial charge in [0.05, 0.1) is 16.1 Å². The van der Waals surface area contributed by atoms with Crippen LogP contribution in [0.4, 0.5) is 24.5 Å². The standard InChI is InChI=1S/C25H24F3N3O3S2/c1-15-2-4-17(5-3-15)24(34)31(13-25(26,27)28)20-10-21(36-22(20)11-32)16-6-8-18(9-7-16)30-23(33)19-12-35-14-29-19/h6-12,14-15,17H,2-5,13H2,1H3,(H,30,33). The van der Waals surface area contributed by atoms with Crippen molar-refractivity contribution in [2.45, 2.75) is 38.8 Å². The van der Waals surface area contributed by atoms with Crippen LogP contribution in [0.3, 0.4) is 0 Å². The Morgan fingerprint density at radius 3 is 2.44 bits per heavy atom. The quantitative estimate of drug-likeness (QED) is 0.343. The summed E-state index contributed by atoms with van der Waals surface area (Å²) >= 11 is 2.33. The summed E-state index contributed by atoms with van der Waals surface area (Å²) in [6.45, 7) is 0.621. The Morgan fingerprint density at radius 2 is 1.86 bits per heavy atom. The van der Waals surface area contributed by atoms with E-state index in [1.54, 1.807) is 35.2 Å². The molecule has 4 rings (SSSR count). The molecule has 6 nitrogen and oxygen atoms in total. The van der Waals surface area contributed by atoms with Crippen LogP contribution in [0.15, 0.2) is 41.2 Å². The third-order valence-electron chi connectivity index (χ3n) is 6.20. The highest BCUT2D eigenvalue weighted by Gasteiger charge is 2.38. The van der Waals surface area contributed by atoms with Gasteiger partial charge in [0.1, 0.15) is 12.2 Å². The van der Waals surface area contributed by atoms with Crippen molar-refractivity contribution in [2.75, 3.05) is 16.8 Å². The van der Waals surface area contributed by atoms with E-state index in [-0.39, 0.29) is 16.5 Å². The lowest BCUT2D eigenvalue weighted by Crippen LogP contribution is -2.43. The highest BCUT2D eigenvalue weighted by atomic mass is 32.1. The number of alkyl halides is 3. The Morgan fingerprint density at radius 1 is 1.17 bits per heavy atom. The molecule has 0 atom stereocenters. The molecular formula is C25H24F3N3O3S2. The third-order valence-corrected chi connectivity index (χ3v) is 7.88. The summed E-state index contributed by atoms with van der Waals surface area (Å²) in [6, 6.07) is 8.16. The van der Waals surface area contributed by atoms with Crippen LogP contribution in [0.25, 0.3) is 10.4 Å². The van der Waals surface area contributed by atoms with Gasteiger partial charge in [-0.3, -0.25) is 14.4 Å². The Bertz CT molecular complexity index is 1220. The molecule has 1 saturated carbocycles. The van der Waals surface area contributed by atoms with E-state index < -0.39 is 24.5 Å².